The van der Waals surface area contributed by atoms with Gasteiger partial charge in [-0.2, -0.15) is 0 Å². The number of alkyl halides is 2. The fraction of sp³-hybridized carbons (Fsp3) is 0.286. The summed E-state index contributed by atoms with van der Waals surface area (Å²) in [7, 11) is 3.29. The van der Waals surface area contributed by atoms with Gasteiger partial charge < -0.3 is 0 Å². The number of fused-ring (bicyclic) bond motifs is 2. The van der Waals surface area contributed by atoms with E-state index in [-0.39, 0.29) is 23.6 Å². The zero-order valence-corrected chi connectivity index (χ0v) is 15.9. The highest BCUT2D eigenvalue weighted by atomic mass is 35.5. The zero-order chi connectivity index (χ0) is 17.4. The fourth-order valence-electron chi connectivity index (χ4n) is 2.00. The van der Waals surface area contributed by atoms with Crippen LogP contribution in [0, 0.1) is 0 Å². The summed E-state index contributed by atoms with van der Waals surface area (Å²) in [6.07, 6.45) is 0. The summed E-state index contributed by atoms with van der Waals surface area (Å²) >= 11 is 14.0. The van der Waals surface area contributed by atoms with Crippen molar-refractivity contribution >= 4 is 88.4 Å². The predicted octanol–water partition coefficient (Wildman–Crippen LogP) is 3.31. The third-order valence-corrected chi connectivity index (χ3v) is 6.07. The largest absolute Gasteiger partial charge is 0.290 e. The monoisotopic (exact) mass is 402 g/mol. The number of carbonyl (C=O) groups is 2. The number of aromatic nitrogens is 2. The van der Waals surface area contributed by atoms with E-state index in [1.807, 2.05) is 12.1 Å². The van der Waals surface area contributed by atoms with E-state index in [1.165, 1.54) is 32.5 Å². The molecule has 2 amide bonds. The van der Waals surface area contributed by atoms with Gasteiger partial charge >= 0.3 is 0 Å². The van der Waals surface area contributed by atoms with Crippen LogP contribution in [0.5, 0.6) is 0 Å². The number of nitrogens with zero attached hydrogens (tertiary/aromatic N) is 4. The first-order valence-corrected chi connectivity index (χ1v) is 9.51. The van der Waals surface area contributed by atoms with E-state index in [0.717, 1.165) is 20.4 Å². The minimum atomic E-state index is -0.209. The molecule has 0 bridgehead atoms. The molecule has 2 aromatic heterocycles. The lowest BCUT2D eigenvalue weighted by atomic mass is 10.3. The molecule has 3 rings (SSSR count). The highest BCUT2D eigenvalue weighted by Gasteiger charge is 2.18. The number of thiazole rings is 2. The van der Waals surface area contributed by atoms with Crippen LogP contribution >= 0.6 is 45.9 Å². The minimum absolute atomic E-state index is 0.0899. The molecule has 0 N–H and O–H groups in total. The van der Waals surface area contributed by atoms with E-state index >= 15 is 0 Å². The normalized spacial score (nSPS) is 11.2. The molecule has 0 saturated heterocycles. The second-order valence-corrected chi connectivity index (χ2v) is 7.51. The Balaban J connectivity index is 2.01. The van der Waals surface area contributed by atoms with Crippen molar-refractivity contribution in [3.8, 4) is 0 Å². The molecule has 0 aliphatic carbocycles. The van der Waals surface area contributed by atoms with E-state index in [9.17, 15) is 9.59 Å². The molecule has 0 radical (unpaired) electrons. The van der Waals surface area contributed by atoms with Gasteiger partial charge in [0.05, 0.1) is 20.4 Å². The first-order chi connectivity index (χ1) is 11.4. The average Bonchev–Trinajstić information content (AvgIpc) is 3.19. The van der Waals surface area contributed by atoms with E-state index in [1.54, 1.807) is 14.1 Å². The van der Waals surface area contributed by atoms with Gasteiger partial charge in [0.2, 0.25) is 11.8 Å². The maximum absolute atomic E-state index is 11.7. The lowest BCUT2D eigenvalue weighted by molar-refractivity contribution is -0.116. The van der Waals surface area contributed by atoms with Gasteiger partial charge in [-0.25, -0.2) is 9.97 Å². The number of rotatable bonds is 4. The molecule has 1 aromatic carbocycles. The Kier molecular flexibility index (Phi) is 4.91. The summed E-state index contributed by atoms with van der Waals surface area (Å²) < 4.78 is 1.88. The van der Waals surface area contributed by atoms with E-state index in [2.05, 4.69) is 9.97 Å². The Morgan fingerprint density at radius 1 is 0.917 bits per heavy atom. The molecule has 0 atom stereocenters. The molecule has 0 aliphatic rings. The number of halogens is 2. The highest BCUT2D eigenvalue weighted by molar-refractivity contribution is 7.24. The second-order valence-electron chi connectivity index (χ2n) is 4.95. The van der Waals surface area contributed by atoms with Crippen LogP contribution in [0.4, 0.5) is 10.3 Å². The maximum atomic E-state index is 11.7. The molecular weight excluding hydrogens is 391 g/mol. The first kappa shape index (κ1) is 17.3. The Labute approximate surface area is 155 Å². The van der Waals surface area contributed by atoms with Crippen molar-refractivity contribution in [3.63, 3.8) is 0 Å². The van der Waals surface area contributed by atoms with Gasteiger partial charge in [-0.15, -0.1) is 23.2 Å². The van der Waals surface area contributed by atoms with Crippen LogP contribution in [-0.4, -0.2) is 47.6 Å². The zero-order valence-electron chi connectivity index (χ0n) is 12.7. The number of benzene rings is 1. The van der Waals surface area contributed by atoms with Gasteiger partial charge in [0, 0.05) is 14.1 Å². The Bertz CT molecular complexity index is 817. The summed E-state index contributed by atoms with van der Waals surface area (Å²) in [5, 5.41) is 1.17. The van der Waals surface area contributed by atoms with Gasteiger partial charge in [0.1, 0.15) is 11.8 Å². The smallest absolute Gasteiger partial charge is 0.243 e. The molecule has 0 fully saturated rings. The number of carbonyl (C=O) groups excluding carboxylic acids is 2. The van der Waals surface area contributed by atoms with Crippen LogP contribution in [0.1, 0.15) is 0 Å². The van der Waals surface area contributed by atoms with Crippen molar-refractivity contribution in [1.82, 2.24) is 9.97 Å². The van der Waals surface area contributed by atoms with Gasteiger partial charge in [-0.05, 0) is 12.1 Å². The Hall–Kier alpha value is -1.48. The Morgan fingerprint density at radius 3 is 1.71 bits per heavy atom. The molecule has 3 aromatic rings. The molecule has 6 nitrogen and oxygen atoms in total. The van der Waals surface area contributed by atoms with Crippen LogP contribution in [0.15, 0.2) is 12.1 Å². The number of hydrogen-bond donors (Lipinski definition) is 0. The van der Waals surface area contributed by atoms with Crippen LogP contribution in [0.25, 0.3) is 20.4 Å². The minimum Gasteiger partial charge on any atom is -0.290 e. The molecule has 0 unspecified atom stereocenters. The second kappa shape index (κ2) is 6.79. The van der Waals surface area contributed by atoms with Gasteiger partial charge in [-0.1, -0.05) is 22.7 Å². The summed E-state index contributed by atoms with van der Waals surface area (Å²) in [4.78, 5) is 35.2. The van der Waals surface area contributed by atoms with Crippen molar-refractivity contribution in [3.05, 3.63) is 12.1 Å². The topological polar surface area (TPSA) is 66.4 Å². The molecule has 0 aliphatic heterocycles. The Morgan fingerprint density at radius 2 is 1.33 bits per heavy atom. The average molecular weight is 403 g/mol. The molecule has 0 saturated carbocycles. The fourth-order valence-corrected chi connectivity index (χ4v) is 4.37. The van der Waals surface area contributed by atoms with Crippen molar-refractivity contribution in [2.75, 3.05) is 35.7 Å². The molecule has 126 valence electrons. The van der Waals surface area contributed by atoms with Crippen molar-refractivity contribution in [2.24, 2.45) is 0 Å². The van der Waals surface area contributed by atoms with Crippen LogP contribution < -0.4 is 9.80 Å². The van der Waals surface area contributed by atoms with E-state index < -0.39 is 0 Å². The lowest BCUT2D eigenvalue weighted by Gasteiger charge is -2.10. The molecule has 0 spiro atoms. The third kappa shape index (κ3) is 3.06. The van der Waals surface area contributed by atoms with Gasteiger partial charge in [0.25, 0.3) is 0 Å². The summed E-state index contributed by atoms with van der Waals surface area (Å²) in [6, 6.07) is 3.81. The third-order valence-electron chi connectivity index (χ3n) is 3.43. The van der Waals surface area contributed by atoms with Gasteiger partial charge in [0.15, 0.2) is 10.3 Å². The molecular formula is C14H12Cl2N4O2S2. The molecule has 2 heterocycles. The van der Waals surface area contributed by atoms with E-state index in [4.69, 9.17) is 23.2 Å². The van der Waals surface area contributed by atoms with Crippen molar-refractivity contribution in [1.29, 1.82) is 0 Å². The van der Waals surface area contributed by atoms with Crippen LogP contribution in [-0.2, 0) is 9.59 Å². The highest BCUT2D eigenvalue weighted by Crippen LogP contribution is 2.35. The lowest BCUT2D eigenvalue weighted by Crippen LogP contribution is -2.26. The number of anilines is 2. The van der Waals surface area contributed by atoms with Crippen molar-refractivity contribution in [2.45, 2.75) is 0 Å². The number of amides is 2. The quantitative estimate of drug-likeness (QED) is 0.627. The molecule has 24 heavy (non-hydrogen) atoms. The van der Waals surface area contributed by atoms with Crippen LogP contribution in [0.2, 0.25) is 0 Å². The van der Waals surface area contributed by atoms with Crippen molar-refractivity contribution < 1.29 is 9.59 Å². The summed E-state index contributed by atoms with van der Waals surface area (Å²) in [5.74, 6) is -0.598. The molecule has 10 heteroatoms. The van der Waals surface area contributed by atoms with E-state index in [0.29, 0.717) is 10.3 Å². The van der Waals surface area contributed by atoms with Gasteiger partial charge in [-0.3, -0.25) is 19.4 Å². The SMILES string of the molecule is CN(C(=O)CCl)c1nc2cc3nc(N(C)C(=O)CCl)sc3cc2s1. The van der Waals surface area contributed by atoms with Crippen LogP contribution in [0.3, 0.4) is 0 Å². The summed E-state index contributed by atoms with van der Waals surface area (Å²) in [6.45, 7) is 0. The predicted molar refractivity (Wildman–Crippen MR) is 101 cm³/mol. The number of hydrogen-bond acceptors (Lipinski definition) is 6. The maximum Gasteiger partial charge on any atom is 0.243 e. The standard InChI is InChI=1S/C14H12Cl2N4O2S2/c1-19(11(21)5-15)13-17-7-3-8-10(4-9(7)23-13)24-14(18-8)20(2)12(22)6-16/h3-4H,5-6H2,1-2H3. The first-order valence-electron chi connectivity index (χ1n) is 6.80. The summed E-state index contributed by atoms with van der Waals surface area (Å²) in [5.41, 5.74) is 1.50.